The van der Waals surface area contributed by atoms with Crippen molar-refractivity contribution in [3.05, 3.63) is 24.3 Å². The van der Waals surface area contributed by atoms with E-state index in [2.05, 4.69) is 17.0 Å². The molecule has 0 aliphatic carbocycles. The zero-order chi connectivity index (χ0) is 11.7. The van der Waals surface area contributed by atoms with E-state index in [0.29, 0.717) is 5.66 Å². The molecule has 1 N–H and O–H groups in total. The first-order valence-corrected chi connectivity index (χ1v) is 6.13. The summed E-state index contributed by atoms with van der Waals surface area (Å²) in [4.78, 5) is 2.41. The smallest absolute Gasteiger partial charge is 0.373 e. The minimum atomic E-state index is 0.510. The Morgan fingerprint density at radius 3 is 2.71 bits per heavy atom. The van der Waals surface area contributed by atoms with Crippen molar-refractivity contribution in [1.29, 1.82) is 0 Å². The van der Waals surface area contributed by atoms with Gasteiger partial charge in [0, 0.05) is 24.2 Å². The summed E-state index contributed by atoms with van der Waals surface area (Å²) in [7, 11) is 1.00. The number of fused-ring (bicyclic) bond motifs is 1. The van der Waals surface area contributed by atoms with Gasteiger partial charge in [0.1, 0.15) is 5.58 Å². The van der Waals surface area contributed by atoms with Gasteiger partial charge >= 0.3 is 7.48 Å². The van der Waals surface area contributed by atoms with Gasteiger partial charge in [-0.05, 0) is 43.5 Å². The van der Waals surface area contributed by atoms with Crippen LogP contribution >= 0.6 is 0 Å². The Morgan fingerprint density at radius 1 is 1.12 bits per heavy atom. The number of benzene rings is 1. The monoisotopic (exact) mass is 228 g/mol. The quantitative estimate of drug-likeness (QED) is 0.794. The van der Waals surface area contributed by atoms with Crippen LogP contribution in [0.15, 0.2) is 28.7 Å². The van der Waals surface area contributed by atoms with Gasteiger partial charge in [0.2, 0.25) is 0 Å². The van der Waals surface area contributed by atoms with Crippen LogP contribution in [0, 0.1) is 0 Å². The van der Waals surface area contributed by atoms with Gasteiger partial charge < -0.3 is 14.3 Å². The van der Waals surface area contributed by atoms with E-state index in [1.54, 1.807) is 0 Å². The Balaban J connectivity index is 1.94. The van der Waals surface area contributed by atoms with Gasteiger partial charge in [-0.15, -0.1) is 0 Å². The summed E-state index contributed by atoms with van der Waals surface area (Å²) in [5, 5.41) is 9.98. The molecular formula is C13H15BNO2. The molecule has 4 heteroatoms. The van der Waals surface area contributed by atoms with Gasteiger partial charge in [-0.3, -0.25) is 0 Å². The summed E-state index contributed by atoms with van der Waals surface area (Å²) in [5.74, 6) is 0. The summed E-state index contributed by atoms with van der Waals surface area (Å²) in [6.45, 7) is 2.28. The molecule has 1 aliphatic heterocycles. The van der Waals surface area contributed by atoms with Crippen molar-refractivity contribution in [3.63, 3.8) is 0 Å². The molecule has 0 saturated carbocycles. The molecule has 1 fully saturated rings. The molecule has 0 bridgehead atoms. The van der Waals surface area contributed by atoms with Crippen LogP contribution in [-0.2, 0) is 0 Å². The molecule has 87 valence electrons. The molecule has 1 aromatic carbocycles. The fourth-order valence-corrected chi connectivity index (χ4v) is 2.46. The second-order valence-corrected chi connectivity index (χ2v) is 4.55. The van der Waals surface area contributed by atoms with E-state index in [0.717, 1.165) is 31.5 Å². The van der Waals surface area contributed by atoms with Crippen LogP contribution in [0.3, 0.4) is 0 Å². The number of hydrogen-bond acceptors (Lipinski definition) is 3. The van der Waals surface area contributed by atoms with Crippen LogP contribution in [0.1, 0.15) is 19.3 Å². The van der Waals surface area contributed by atoms with Crippen LogP contribution in [0.25, 0.3) is 11.0 Å². The third-order valence-electron chi connectivity index (χ3n) is 3.37. The molecule has 17 heavy (non-hydrogen) atoms. The lowest BCUT2D eigenvalue weighted by Gasteiger charge is -2.28. The van der Waals surface area contributed by atoms with E-state index in [-0.39, 0.29) is 0 Å². The molecule has 2 heterocycles. The summed E-state index contributed by atoms with van der Waals surface area (Å²) in [6, 6.07) is 8.07. The molecule has 2 aromatic rings. The van der Waals surface area contributed by atoms with Gasteiger partial charge in [-0.2, -0.15) is 0 Å². The van der Waals surface area contributed by atoms with E-state index in [4.69, 9.17) is 9.44 Å². The molecule has 1 saturated heterocycles. The molecular weight excluding hydrogens is 213 g/mol. The maximum absolute atomic E-state index is 8.93. The Hall–Kier alpha value is -1.42. The molecule has 0 amide bonds. The fraction of sp³-hybridized carbons (Fsp3) is 0.385. The highest BCUT2D eigenvalue weighted by molar-refractivity contribution is 6.44. The minimum Gasteiger partial charge on any atom is -0.469 e. The Morgan fingerprint density at radius 2 is 1.94 bits per heavy atom. The second kappa shape index (κ2) is 4.45. The number of rotatable bonds is 2. The van der Waals surface area contributed by atoms with Crippen LogP contribution in [-0.4, -0.2) is 25.6 Å². The highest BCUT2D eigenvalue weighted by Crippen LogP contribution is 2.24. The number of piperidine rings is 1. The van der Waals surface area contributed by atoms with Crippen LogP contribution in [0.5, 0.6) is 0 Å². The molecule has 3 nitrogen and oxygen atoms in total. The second-order valence-electron chi connectivity index (χ2n) is 4.55. The number of nitrogens with zero attached hydrogens (tertiary/aromatic N) is 1. The Labute approximate surface area is 101 Å². The maximum Gasteiger partial charge on any atom is 0.373 e. The van der Waals surface area contributed by atoms with Gasteiger partial charge in [0.05, 0.1) is 5.66 Å². The van der Waals surface area contributed by atoms with Crippen LogP contribution < -0.4 is 10.6 Å². The predicted molar refractivity (Wildman–Crippen MR) is 69.9 cm³/mol. The summed E-state index contributed by atoms with van der Waals surface area (Å²) in [5.41, 5.74) is 2.59. The third kappa shape index (κ3) is 2.05. The van der Waals surface area contributed by atoms with Gasteiger partial charge in [-0.1, -0.05) is 0 Å². The maximum atomic E-state index is 8.93. The summed E-state index contributed by atoms with van der Waals surface area (Å²) < 4.78 is 5.44. The molecule has 1 radical (unpaired) electrons. The SMILES string of the molecule is O[B]c1cc2cc(N3CCCCC3)ccc2o1. The normalized spacial score (nSPS) is 16.4. The first-order valence-electron chi connectivity index (χ1n) is 6.13. The van der Waals surface area contributed by atoms with E-state index in [9.17, 15) is 0 Å². The summed E-state index contributed by atoms with van der Waals surface area (Å²) >= 11 is 0. The summed E-state index contributed by atoms with van der Waals surface area (Å²) in [6.07, 6.45) is 3.90. The van der Waals surface area contributed by atoms with Gasteiger partial charge in [-0.25, -0.2) is 0 Å². The van der Waals surface area contributed by atoms with Gasteiger partial charge in [0.25, 0.3) is 0 Å². The largest absolute Gasteiger partial charge is 0.469 e. The van der Waals surface area contributed by atoms with Crippen LogP contribution in [0.4, 0.5) is 5.69 Å². The van der Waals surface area contributed by atoms with E-state index >= 15 is 0 Å². The molecule has 3 rings (SSSR count). The standard InChI is InChI=1S/C13H15BNO2/c16-14-13-9-10-8-11(4-5-12(10)17-13)15-6-2-1-3-7-15/h4-5,8-9,16H,1-3,6-7H2. The Bertz CT molecular complexity index is 517. The topological polar surface area (TPSA) is 36.6 Å². The number of hydrogen-bond donors (Lipinski definition) is 1. The fourth-order valence-electron chi connectivity index (χ4n) is 2.46. The van der Waals surface area contributed by atoms with Crippen molar-refractivity contribution in [2.45, 2.75) is 19.3 Å². The lowest BCUT2D eigenvalue weighted by atomic mass is 9.98. The highest BCUT2D eigenvalue weighted by Gasteiger charge is 2.12. The van der Waals surface area contributed by atoms with E-state index in [1.807, 2.05) is 12.1 Å². The highest BCUT2D eigenvalue weighted by atomic mass is 16.3. The third-order valence-corrected chi connectivity index (χ3v) is 3.37. The zero-order valence-electron chi connectivity index (χ0n) is 9.72. The van der Waals surface area contributed by atoms with Gasteiger partial charge in [0.15, 0.2) is 0 Å². The van der Waals surface area contributed by atoms with Crippen molar-refractivity contribution in [2.75, 3.05) is 18.0 Å². The van der Waals surface area contributed by atoms with Crippen molar-refractivity contribution < 1.29 is 9.44 Å². The molecule has 1 aromatic heterocycles. The van der Waals surface area contributed by atoms with E-state index in [1.165, 1.54) is 24.9 Å². The lowest BCUT2D eigenvalue weighted by molar-refractivity contribution is 0.577. The molecule has 0 unspecified atom stereocenters. The molecule has 0 spiro atoms. The average Bonchev–Trinajstić information content (AvgIpc) is 2.81. The van der Waals surface area contributed by atoms with E-state index < -0.39 is 0 Å². The molecule has 0 atom stereocenters. The zero-order valence-corrected chi connectivity index (χ0v) is 9.72. The Kier molecular flexibility index (Phi) is 2.81. The first-order chi connectivity index (χ1) is 8.36. The first kappa shape index (κ1) is 10.7. The number of anilines is 1. The average molecular weight is 228 g/mol. The minimum absolute atomic E-state index is 0.510. The number of furan rings is 1. The molecule has 1 aliphatic rings. The van der Waals surface area contributed by atoms with Crippen molar-refractivity contribution in [1.82, 2.24) is 0 Å². The van der Waals surface area contributed by atoms with Crippen molar-refractivity contribution >= 4 is 29.8 Å². The van der Waals surface area contributed by atoms with Crippen molar-refractivity contribution in [2.24, 2.45) is 0 Å². The lowest BCUT2D eigenvalue weighted by Crippen LogP contribution is -2.29. The van der Waals surface area contributed by atoms with Crippen molar-refractivity contribution in [3.8, 4) is 0 Å². The van der Waals surface area contributed by atoms with Crippen LogP contribution in [0.2, 0.25) is 0 Å². The predicted octanol–water partition coefficient (Wildman–Crippen LogP) is 1.66.